The second kappa shape index (κ2) is 7.07. The van der Waals surface area contributed by atoms with Gasteiger partial charge in [0.1, 0.15) is 17.7 Å². The van der Waals surface area contributed by atoms with Gasteiger partial charge in [0.25, 0.3) is 0 Å². The molecule has 0 aliphatic carbocycles. The molecule has 1 aliphatic rings. The number of hydrogen-bond acceptors (Lipinski definition) is 3. The molecule has 1 aromatic carbocycles. The summed E-state index contributed by atoms with van der Waals surface area (Å²) in [5.41, 5.74) is 1.44. The molecule has 0 saturated heterocycles. The number of urea groups is 1. The standard InChI is InChI=1S/C18H18F2N4O2/c1-10(13-6-5-12(19)8-14(13)20)22-17(25)11(2)24-9-16-15(23-18(24)26)4-3-7-21-16/h3-8,10-11H,9H2,1-2H3,(H,22,25)(H,23,26)/t10-,11+/m0/s1. The predicted octanol–water partition coefficient (Wildman–Crippen LogP) is 2.97. The van der Waals surface area contributed by atoms with E-state index in [4.69, 9.17) is 0 Å². The molecule has 3 rings (SSSR count). The van der Waals surface area contributed by atoms with Crippen LogP contribution < -0.4 is 10.6 Å². The van der Waals surface area contributed by atoms with Crippen molar-refractivity contribution in [2.45, 2.75) is 32.5 Å². The van der Waals surface area contributed by atoms with E-state index in [0.29, 0.717) is 11.4 Å². The zero-order valence-corrected chi connectivity index (χ0v) is 14.3. The lowest BCUT2D eigenvalue weighted by atomic mass is 10.1. The maximum atomic E-state index is 13.9. The van der Waals surface area contributed by atoms with E-state index in [1.807, 2.05) is 0 Å². The monoisotopic (exact) mass is 360 g/mol. The van der Waals surface area contributed by atoms with Crippen LogP contribution in [0.1, 0.15) is 31.1 Å². The number of nitrogens with zero attached hydrogens (tertiary/aromatic N) is 2. The first kappa shape index (κ1) is 17.8. The SMILES string of the molecule is C[C@H](NC(=O)[C@@H](C)N1Cc2ncccc2NC1=O)c1ccc(F)cc1F. The normalized spacial score (nSPS) is 15.7. The van der Waals surface area contributed by atoms with Crippen molar-refractivity contribution in [3.8, 4) is 0 Å². The third kappa shape index (κ3) is 3.49. The smallest absolute Gasteiger partial charge is 0.322 e. The van der Waals surface area contributed by atoms with E-state index in [-0.39, 0.29) is 12.1 Å². The highest BCUT2D eigenvalue weighted by atomic mass is 19.1. The molecule has 136 valence electrons. The van der Waals surface area contributed by atoms with Crippen molar-refractivity contribution in [1.29, 1.82) is 0 Å². The maximum Gasteiger partial charge on any atom is 0.322 e. The van der Waals surface area contributed by atoms with Crippen molar-refractivity contribution < 1.29 is 18.4 Å². The van der Waals surface area contributed by atoms with Crippen molar-refractivity contribution in [3.05, 3.63) is 59.4 Å². The van der Waals surface area contributed by atoms with E-state index in [0.717, 1.165) is 12.1 Å². The molecule has 2 heterocycles. The molecule has 26 heavy (non-hydrogen) atoms. The molecule has 0 fully saturated rings. The van der Waals surface area contributed by atoms with E-state index >= 15 is 0 Å². The quantitative estimate of drug-likeness (QED) is 0.880. The van der Waals surface area contributed by atoms with Gasteiger partial charge in [0.05, 0.1) is 24.0 Å². The van der Waals surface area contributed by atoms with Crippen LogP contribution in [0.25, 0.3) is 0 Å². The topological polar surface area (TPSA) is 74.3 Å². The summed E-state index contributed by atoms with van der Waals surface area (Å²) < 4.78 is 26.9. The summed E-state index contributed by atoms with van der Waals surface area (Å²) in [5.74, 6) is -1.87. The summed E-state index contributed by atoms with van der Waals surface area (Å²) in [7, 11) is 0. The summed E-state index contributed by atoms with van der Waals surface area (Å²) in [6.07, 6.45) is 1.61. The molecular weight excluding hydrogens is 342 g/mol. The van der Waals surface area contributed by atoms with Gasteiger partial charge in [-0.3, -0.25) is 9.78 Å². The number of halogens is 2. The van der Waals surface area contributed by atoms with Gasteiger partial charge in [0, 0.05) is 17.8 Å². The molecule has 8 heteroatoms. The number of pyridine rings is 1. The average molecular weight is 360 g/mol. The first-order valence-corrected chi connectivity index (χ1v) is 8.13. The molecule has 0 bridgehead atoms. The average Bonchev–Trinajstić information content (AvgIpc) is 2.60. The first-order valence-electron chi connectivity index (χ1n) is 8.13. The van der Waals surface area contributed by atoms with Gasteiger partial charge in [0.15, 0.2) is 0 Å². The summed E-state index contributed by atoms with van der Waals surface area (Å²) in [6.45, 7) is 3.36. The van der Waals surface area contributed by atoms with E-state index in [2.05, 4.69) is 15.6 Å². The highest BCUT2D eigenvalue weighted by Crippen LogP contribution is 2.23. The highest BCUT2D eigenvalue weighted by molar-refractivity contribution is 5.95. The van der Waals surface area contributed by atoms with Crippen LogP contribution in [0.5, 0.6) is 0 Å². The number of anilines is 1. The lowest BCUT2D eigenvalue weighted by Crippen LogP contribution is -2.51. The highest BCUT2D eigenvalue weighted by Gasteiger charge is 2.31. The zero-order valence-electron chi connectivity index (χ0n) is 14.3. The maximum absolute atomic E-state index is 13.9. The number of amides is 3. The van der Waals surface area contributed by atoms with Gasteiger partial charge in [-0.1, -0.05) is 6.07 Å². The van der Waals surface area contributed by atoms with Gasteiger partial charge in [-0.2, -0.15) is 0 Å². The molecule has 0 spiro atoms. The summed E-state index contributed by atoms with van der Waals surface area (Å²) >= 11 is 0. The second-order valence-corrected chi connectivity index (χ2v) is 6.13. The Morgan fingerprint density at radius 1 is 1.31 bits per heavy atom. The fourth-order valence-corrected chi connectivity index (χ4v) is 2.82. The van der Waals surface area contributed by atoms with Crippen LogP contribution in [0, 0.1) is 11.6 Å². The Balaban J connectivity index is 1.70. The largest absolute Gasteiger partial charge is 0.348 e. The van der Waals surface area contributed by atoms with Crippen LogP contribution in [-0.2, 0) is 11.3 Å². The van der Waals surface area contributed by atoms with Crippen LogP contribution in [0.3, 0.4) is 0 Å². The van der Waals surface area contributed by atoms with E-state index < -0.39 is 35.7 Å². The van der Waals surface area contributed by atoms with Crippen LogP contribution in [0.2, 0.25) is 0 Å². The molecule has 2 atom stereocenters. The van der Waals surface area contributed by atoms with Crippen molar-refractivity contribution in [2.24, 2.45) is 0 Å². The number of carbonyl (C=O) groups is 2. The molecule has 0 saturated carbocycles. The Bertz CT molecular complexity index is 859. The third-order valence-electron chi connectivity index (χ3n) is 4.35. The Labute approximate surface area is 149 Å². The number of fused-ring (bicyclic) bond motifs is 1. The Hall–Kier alpha value is -3.03. The Morgan fingerprint density at radius 3 is 2.81 bits per heavy atom. The van der Waals surface area contributed by atoms with Crippen molar-refractivity contribution in [1.82, 2.24) is 15.2 Å². The molecule has 0 radical (unpaired) electrons. The molecule has 1 aliphatic heterocycles. The Morgan fingerprint density at radius 2 is 2.08 bits per heavy atom. The van der Waals surface area contributed by atoms with E-state index in [1.165, 1.54) is 11.0 Å². The van der Waals surface area contributed by atoms with Crippen LogP contribution in [0.15, 0.2) is 36.5 Å². The summed E-state index contributed by atoms with van der Waals surface area (Å²) in [6, 6.07) is 4.75. The van der Waals surface area contributed by atoms with Gasteiger partial charge in [-0.05, 0) is 32.0 Å². The zero-order chi connectivity index (χ0) is 18.8. The first-order chi connectivity index (χ1) is 12.4. The number of hydrogen-bond donors (Lipinski definition) is 2. The van der Waals surface area contributed by atoms with E-state index in [1.54, 1.807) is 32.2 Å². The van der Waals surface area contributed by atoms with Gasteiger partial charge in [0.2, 0.25) is 5.91 Å². The number of rotatable bonds is 4. The summed E-state index contributed by atoms with van der Waals surface area (Å²) in [4.78, 5) is 30.3. The minimum absolute atomic E-state index is 0.169. The molecule has 2 aromatic rings. The van der Waals surface area contributed by atoms with Gasteiger partial charge in [-0.15, -0.1) is 0 Å². The molecule has 0 unspecified atom stereocenters. The van der Waals surface area contributed by atoms with Gasteiger partial charge < -0.3 is 15.5 Å². The van der Waals surface area contributed by atoms with Gasteiger partial charge in [-0.25, -0.2) is 13.6 Å². The number of carbonyl (C=O) groups excluding carboxylic acids is 2. The summed E-state index contributed by atoms with van der Waals surface area (Å²) in [5, 5.41) is 5.34. The minimum Gasteiger partial charge on any atom is -0.348 e. The Kier molecular flexibility index (Phi) is 4.83. The number of aromatic nitrogens is 1. The van der Waals surface area contributed by atoms with Crippen molar-refractivity contribution in [2.75, 3.05) is 5.32 Å². The minimum atomic E-state index is -0.795. The fourth-order valence-electron chi connectivity index (χ4n) is 2.82. The van der Waals surface area contributed by atoms with Crippen LogP contribution in [0.4, 0.5) is 19.3 Å². The number of benzene rings is 1. The van der Waals surface area contributed by atoms with Crippen molar-refractivity contribution >= 4 is 17.6 Å². The van der Waals surface area contributed by atoms with E-state index in [9.17, 15) is 18.4 Å². The fraction of sp³-hybridized carbons (Fsp3) is 0.278. The lowest BCUT2D eigenvalue weighted by Gasteiger charge is -2.33. The number of nitrogens with one attached hydrogen (secondary N) is 2. The molecule has 3 amide bonds. The van der Waals surface area contributed by atoms with Crippen LogP contribution in [-0.4, -0.2) is 27.9 Å². The third-order valence-corrected chi connectivity index (χ3v) is 4.35. The van der Waals surface area contributed by atoms with Crippen molar-refractivity contribution in [3.63, 3.8) is 0 Å². The molecule has 1 aromatic heterocycles. The van der Waals surface area contributed by atoms with Crippen LogP contribution >= 0.6 is 0 Å². The molecular formula is C18H18F2N4O2. The molecule has 2 N–H and O–H groups in total. The second-order valence-electron chi connectivity index (χ2n) is 6.13. The van der Waals surface area contributed by atoms with Gasteiger partial charge >= 0.3 is 6.03 Å². The molecule has 6 nitrogen and oxygen atoms in total. The predicted molar refractivity (Wildman–Crippen MR) is 91.2 cm³/mol. The lowest BCUT2D eigenvalue weighted by molar-refractivity contribution is -0.125.